The van der Waals surface area contributed by atoms with Gasteiger partial charge in [-0.3, -0.25) is 4.79 Å². The van der Waals surface area contributed by atoms with Crippen LogP contribution in [0.4, 0.5) is 5.69 Å². The molecular weight excluding hydrogens is 471 g/mol. The Hall–Kier alpha value is -2.24. The van der Waals surface area contributed by atoms with Crippen LogP contribution in [0.25, 0.3) is 11.1 Å². The second-order valence-electron chi connectivity index (χ2n) is 9.49. The van der Waals surface area contributed by atoms with E-state index in [2.05, 4.69) is 24.8 Å². The first-order valence-corrected chi connectivity index (χ1v) is 12.9. The molecule has 5 nitrogen and oxygen atoms in total. The number of halogens is 2. The van der Waals surface area contributed by atoms with Crippen molar-refractivity contribution in [1.82, 2.24) is 4.90 Å². The van der Waals surface area contributed by atoms with Gasteiger partial charge in [0.05, 0.1) is 0 Å². The summed E-state index contributed by atoms with van der Waals surface area (Å²) >= 11 is 12.5. The minimum absolute atomic E-state index is 0.269. The van der Waals surface area contributed by atoms with E-state index in [1.807, 2.05) is 24.3 Å². The quantitative estimate of drug-likeness (QED) is 0.462. The first-order chi connectivity index (χ1) is 16.2. The molecule has 0 aromatic heterocycles. The summed E-state index contributed by atoms with van der Waals surface area (Å²) in [6.07, 6.45) is 6.31. The molecule has 0 fully saturated rings. The molecule has 2 aromatic carbocycles. The number of anilines is 1. The summed E-state index contributed by atoms with van der Waals surface area (Å²) in [6, 6.07) is 11.6. The third kappa shape index (κ3) is 7.38. The Balaban J connectivity index is 2.08. The summed E-state index contributed by atoms with van der Waals surface area (Å²) in [7, 11) is 0. The summed E-state index contributed by atoms with van der Waals surface area (Å²) in [5, 5.41) is 10.6. The van der Waals surface area contributed by atoms with Crippen molar-refractivity contribution in [3.05, 3.63) is 52.0 Å². The first-order valence-electron chi connectivity index (χ1n) is 12.1. The molecule has 3 rings (SSSR count). The third-order valence-electron chi connectivity index (χ3n) is 6.14. The molecule has 0 aliphatic carbocycles. The van der Waals surface area contributed by atoms with Crippen molar-refractivity contribution in [2.75, 3.05) is 24.5 Å². The SMILES string of the molecule is CC(C)CN1CCCCCCCCN(C(=O)C(=O)O)Cc2ccc(-c3cc(Cl)cc(Cl)c3)cc21. The fraction of sp³-hybridized carbons (Fsp3) is 0.481. The smallest absolute Gasteiger partial charge is 0.394 e. The maximum Gasteiger partial charge on any atom is 0.394 e. The molecule has 0 bridgehead atoms. The number of rotatable bonds is 3. The van der Waals surface area contributed by atoms with Crippen LogP contribution in [0.2, 0.25) is 10.0 Å². The van der Waals surface area contributed by atoms with Crippen LogP contribution in [0.5, 0.6) is 0 Å². The molecule has 0 saturated heterocycles. The molecule has 0 radical (unpaired) electrons. The van der Waals surface area contributed by atoms with Crippen LogP contribution >= 0.6 is 23.2 Å². The Labute approximate surface area is 212 Å². The number of fused-ring (bicyclic) bond motifs is 1. The van der Waals surface area contributed by atoms with Crippen LogP contribution < -0.4 is 4.90 Å². The van der Waals surface area contributed by atoms with Crippen molar-refractivity contribution in [2.45, 2.75) is 58.9 Å². The van der Waals surface area contributed by atoms with Crippen molar-refractivity contribution < 1.29 is 14.7 Å². The van der Waals surface area contributed by atoms with Crippen LogP contribution in [0.3, 0.4) is 0 Å². The standard InChI is InChI=1S/C27H34Cl2N2O3/c1-19(2)17-30-11-7-5-3-4-6-8-12-31(26(32)27(33)34)18-21-10-9-20(15-25(21)30)22-13-23(28)16-24(29)14-22/h9-10,13-16,19H,3-8,11-12,17-18H2,1-2H3,(H,33,34). The normalized spacial score (nSPS) is 15.8. The monoisotopic (exact) mass is 504 g/mol. The lowest BCUT2D eigenvalue weighted by Crippen LogP contribution is -2.37. The van der Waals surface area contributed by atoms with E-state index < -0.39 is 11.9 Å². The van der Waals surface area contributed by atoms with E-state index in [-0.39, 0.29) is 6.54 Å². The zero-order chi connectivity index (χ0) is 24.7. The topological polar surface area (TPSA) is 60.9 Å². The van der Waals surface area contributed by atoms with E-state index in [1.54, 1.807) is 6.07 Å². The van der Waals surface area contributed by atoms with Gasteiger partial charge in [-0.1, -0.05) is 74.9 Å². The van der Waals surface area contributed by atoms with E-state index >= 15 is 0 Å². The Morgan fingerprint density at radius 3 is 2.12 bits per heavy atom. The molecule has 2 aromatic rings. The molecule has 1 heterocycles. The fourth-order valence-corrected chi connectivity index (χ4v) is 5.07. The maximum absolute atomic E-state index is 12.5. The van der Waals surface area contributed by atoms with Gasteiger partial charge < -0.3 is 14.9 Å². The van der Waals surface area contributed by atoms with Gasteiger partial charge in [0.25, 0.3) is 0 Å². The number of carbonyl (C=O) groups excluding carboxylic acids is 1. The number of hydrogen-bond acceptors (Lipinski definition) is 3. The predicted octanol–water partition coefficient (Wildman–Crippen LogP) is 6.89. The molecule has 0 spiro atoms. The van der Waals surface area contributed by atoms with Gasteiger partial charge in [0.15, 0.2) is 0 Å². The number of hydrogen-bond donors (Lipinski definition) is 1. The van der Waals surface area contributed by atoms with Gasteiger partial charge in [-0.15, -0.1) is 0 Å². The molecule has 7 heteroatoms. The van der Waals surface area contributed by atoms with E-state index in [4.69, 9.17) is 23.2 Å². The zero-order valence-electron chi connectivity index (χ0n) is 20.0. The van der Waals surface area contributed by atoms with Crippen LogP contribution in [0, 0.1) is 5.92 Å². The van der Waals surface area contributed by atoms with E-state index in [9.17, 15) is 14.7 Å². The van der Waals surface area contributed by atoms with Crippen molar-refractivity contribution >= 4 is 40.8 Å². The fourth-order valence-electron chi connectivity index (χ4n) is 4.55. The lowest BCUT2D eigenvalue weighted by atomic mass is 10.00. The molecule has 184 valence electrons. The number of amides is 1. The second kappa shape index (κ2) is 12.5. The van der Waals surface area contributed by atoms with E-state index in [0.717, 1.165) is 74.0 Å². The molecule has 34 heavy (non-hydrogen) atoms. The average molecular weight is 505 g/mol. The van der Waals surface area contributed by atoms with Gasteiger partial charge in [0.2, 0.25) is 0 Å². The minimum Gasteiger partial charge on any atom is -0.474 e. The van der Waals surface area contributed by atoms with Gasteiger partial charge in [0, 0.05) is 41.9 Å². The Kier molecular flexibility index (Phi) is 9.66. The number of carbonyl (C=O) groups is 2. The summed E-state index contributed by atoms with van der Waals surface area (Å²) in [6.45, 7) is 6.90. The van der Waals surface area contributed by atoms with Crippen LogP contribution in [-0.4, -0.2) is 41.5 Å². The molecular formula is C27H34Cl2N2O3. The first kappa shape index (κ1) is 26.4. The Morgan fingerprint density at radius 1 is 0.882 bits per heavy atom. The van der Waals surface area contributed by atoms with Gasteiger partial charge in [-0.2, -0.15) is 0 Å². The number of aliphatic carboxylic acids is 1. The highest BCUT2D eigenvalue weighted by atomic mass is 35.5. The summed E-state index contributed by atoms with van der Waals surface area (Å²) in [5.41, 5.74) is 3.89. The predicted molar refractivity (Wildman–Crippen MR) is 140 cm³/mol. The highest BCUT2D eigenvalue weighted by molar-refractivity contribution is 6.35. The summed E-state index contributed by atoms with van der Waals surface area (Å²) in [4.78, 5) is 27.9. The number of nitrogens with zero attached hydrogens (tertiary/aromatic N) is 2. The van der Waals surface area contributed by atoms with Crippen LogP contribution in [0.15, 0.2) is 36.4 Å². The highest BCUT2D eigenvalue weighted by Crippen LogP contribution is 2.33. The molecule has 1 aliphatic heterocycles. The van der Waals surface area contributed by atoms with Crippen LogP contribution in [-0.2, 0) is 16.1 Å². The Morgan fingerprint density at radius 2 is 1.50 bits per heavy atom. The average Bonchev–Trinajstić information content (AvgIpc) is 2.79. The van der Waals surface area contributed by atoms with Gasteiger partial charge in [-0.05, 0) is 59.7 Å². The molecule has 0 saturated carbocycles. The van der Waals surface area contributed by atoms with Gasteiger partial charge in [-0.25, -0.2) is 4.79 Å². The maximum atomic E-state index is 12.5. The highest BCUT2D eigenvalue weighted by Gasteiger charge is 2.24. The largest absolute Gasteiger partial charge is 0.474 e. The van der Waals surface area contributed by atoms with Crippen molar-refractivity contribution in [3.8, 4) is 11.1 Å². The molecule has 1 N–H and O–H groups in total. The van der Waals surface area contributed by atoms with Gasteiger partial charge in [0.1, 0.15) is 0 Å². The lowest BCUT2D eigenvalue weighted by molar-refractivity contribution is -0.156. The lowest BCUT2D eigenvalue weighted by Gasteiger charge is -2.31. The van der Waals surface area contributed by atoms with Crippen LogP contribution in [0.1, 0.15) is 57.9 Å². The van der Waals surface area contributed by atoms with Crippen molar-refractivity contribution in [2.24, 2.45) is 5.92 Å². The summed E-state index contributed by atoms with van der Waals surface area (Å²) < 4.78 is 0. The number of carboxylic acid groups (broad SMARTS) is 1. The Bertz CT molecular complexity index is 989. The minimum atomic E-state index is -1.41. The number of benzene rings is 2. The molecule has 1 amide bonds. The molecule has 0 atom stereocenters. The molecule has 1 aliphatic rings. The van der Waals surface area contributed by atoms with E-state index in [1.165, 1.54) is 4.90 Å². The molecule has 0 unspecified atom stereocenters. The zero-order valence-corrected chi connectivity index (χ0v) is 21.5. The summed E-state index contributed by atoms with van der Waals surface area (Å²) in [5.74, 6) is -1.80. The third-order valence-corrected chi connectivity index (χ3v) is 6.58. The van der Waals surface area contributed by atoms with Crippen molar-refractivity contribution in [1.29, 1.82) is 0 Å². The second-order valence-corrected chi connectivity index (χ2v) is 10.4. The number of carboxylic acids is 1. The van der Waals surface area contributed by atoms with Gasteiger partial charge >= 0.3 is 11.9 Å². The van der Waals surface area contributed by atoms with E-state index in [0.29, 0.717) is 22.5 Å². The van der Waals surface area contributed by atoms with Crippen molar-refractivity contribution in [3.63, 3.8) is 0 Å².